The van der Waals surface area contributed by atoms with Crippen molar-refractivity contribution in [2.45, 2.75) is 40.0 Å². The number of hydrogen-bond donors (Lipinski definition) is 2. The monoisotopic (exact) mass is 346 g/mol. The van der Waals surface area contributed by atoms with Crippen LogP contribution < -0.4 is 10.6 Å². The van der Waals surface area contributed by atoms with Gasteiger partial charge in [0.05, 0.1) is 0 Å². The van der Waals surface area contributed by atoms with Gasteiger partial charge in [0, 0.05) is 39.3 Å². The second-order valence-corrected chi connectivity index (χ2v) is 6.87. The molecule has 1 aromatic carbocycles. The quantitative estimate of drug-likeness (QED) is 0.411. The van der Waals surface area contributed by atoms with Crippen LogP contribution in [0.2, 0.25) is 0 Å². The van der Waals surface area contributed by atoms with Gasteiger partial charge in [-0.15, -0.1) is 0 Å². The molecule has 140 valence electrons. The molecule has 0 fully saturated rings. The van der Waals surface area contributed by atoms with Gasteiger partial charge in [-0.05, 0) is 49.8 Å². The number of aliphatic imine (C=N–C) groups is 1. The number of nitrogens with zero attached hydrogens (tertiary/aromatic N) is 2. The zero-order chi connectivity index (χ0) is 18.7. The van der Waals surface area contributed by atoms with Gasteiger partial charge in [0.25, 0.3) is 5.91 Å². The lowest BCUT2D eigenvalue weighted by Gasteiger charge is -2.13. The number of rotatable bonds is 9. The molecule has 0 unspecified atom stereocenters. The number of amides is 1. The Labute approximate surface area is 152 Å². The zero-order valence-corrected chi connectivity index (χ0v) is 16.4. The van der Waals surface area contributed by atoms with Crippen molar-refractivity contribution in [1.82, 2.24) is 15.5 Å². The Morgan fingerprint density at radius 1 is 1.24 bits per heavy atom. The summed E-state index contributed by atoms with van der Waals surface area (Å²) >= 11 is 0. The van der Waals surface area contributed by atoms with E-state index < -0.39 is 0 Å². The summed E-state index contributed by atoms with van der Waals surface area (Å²) in [6.07, 6.45) is 3.17. The van der Waals surface area contributed by atoms with Gasteiger partial charge in [0.2, 0.25) is 0 Å². The maximum atomic E-state index is 12.0. The number of benzene rings is 1. The highest BCUT2D eigenvalue weighted by molar-refractivity contribution is 5.94. The van der Waals surface area contributed by atoms with Crippen LogP contribution in [0, 0.1) is 5.92 Å². The van der Waals surface area contributed by atoms with E-state index in [1.807, 2.05) is 18.2 Å². The minimum Gasteiger partial charge on any atom is -0.357 e. The smallest absolute Gasteiger partial charge is 0.253 e. The average molecular weight is 347 g/mol. The Balaban J connectivity index is 2.51. The van der Waals surface area contributed by atoms with E-state index in [0.29, 0.717) is 0 Å². The Hall–Kier alpha value is -2.04. The molecule has 1 amide bonds. The SMILES string of the molecule is CCNC(=NCCCC(C)C)NCCc1cccc(C(=O)N(C)C)c1. The predicted octanol–water partition coefficient (Wildman–Crippen LogP) is 2.92. The van der Waals surface area contributed by atoms with Gasteiger partial charge in [0.15, 0.2) is 5.96 Å². The summed E-state index contributed by atoms with van der Waals surface area (Å²) < 4.78 is 0. The van der Waals surface area contributed by atoms with Gasteiger partial charge in [0.1, 0.15) is 0 Å². The molecule has 0 heterocycles. The highest BCUT2D eigenvalue weighted by atomic mass is 16.2. The number of carbonyl (C=O) groups excluding carboxylic acids is 1. The lowest BCUT2D eigenvalue weighted by Crippen LogP contribution is -2.38. The molecule has 0 aliphatic carbocycles. The maximum absolute atomic E-state index is 12.0. The molecule has 0 aromatic heterocycles. The standard InChI is InChI=1S/C20H34N4O/c1-6-21-20(22-13-8-9-16(2)3)23-14-12-17-10-7-11-18(15-17)19(25)24(4)5/h7,10-11,15-16H,6,8-9,12-14H2,1-5H3,(H2,21,22,23). The largest absolute Gasteiger partial charge is 0.357 e. The summed E-state index contributed by atoms with van der Waals surface area (Å²) in [6, 6.07) is 7.83. The Morgan fingerprint density at radius 2 is 2.00 bits per heavy atom. The van der Waals surface area contributed by atoms with E-state index in [1.54, 1.807) is 19.0 Å². The average Bonchev–Trinajstić information content (AvgIpc) is 2.58. The topological polar surface area (TPSA) is 56.7 Å². The summed E-state index contributed by atoms with van der Waals surface area (Å²) in [7, 11) is 3.55. The van der Waals surface area contributed by atoms with Gasteiger partial charge in [-0.3, -0.25) is 9.79 Å². The molecule has 1 rings (SSSR count). The third kappa shape index (κ3) is 8.57. The second-order valence-electron chi connectivity index (χ2n) is 6.87. The Kier molecular flexibility index (Phi) is 9.66. The molecule has 5 heteroatoms. The summed E-state index contributed by atoms with van der Waals surface area (Å²) in [4.78, 5) is 18.3. The molecular formula is C20H34N4O. The van der Waals surface area contributed by atoms with Crippen LogP contribution in [-0.4, -0.2) is 50.5 Å². The Morgan fingerprint density at radius 3 is 2.64 bits per heavy atom. The van der Waals surface area contributed by atoms with Crippen molar-refractivity contribution < 1.29 is 4.79 Å². The van der Waals surface area contributed by atoms with Crippen molar-refractivity contribution in [3.63, 3.8) is 0 Å². The fourth-order valence-electron chi connectivity index (χ4n) is 2.48. The van der Waals surface area contributed by atoms with Crippen LogP contribution in [0.15, 0.2) is 29.3 Å². The molecule has 0 aliphatic rings. The minimum atomic E-state index is 0.0369. The molecule has 0 atom stereocenters. The van der Waals surface area contributed by atoms with Crippen LogP contribution in [0.3, 0.4) is 0 Å². The van der Waals surface area contributed by atoms with E-state index in [4.69, 9.17) is 0 Å². The van der Waals surface area contributed by atoms with Crippen LogP contribution in [0.5, 0.6) is 0 Å². The van der Waals surface area contributed by atoms with E-state index in [9.17, 15) is 4.79 Å². The molecule has 5 nitrogen and oxygen atoms in total. The first-order chi connectivity index (χ1) is 11.9. The van der Waals surface area contributed by atoms with Crippen LogP contribution >= 0.6 is 0 Å². The van der Waals surface area contributed by atoms with Gasteiger partial charge in [-0.1, -0.05) is 26.0 Å². The lowest BCUT2D eigenvalue weighted by atomic mass is 10.1. The first-order valence-electron chi connectivity index (χ1n) is 9.26. The molecule has 0 saturated heterocycles. The van der Waals surface area contributed by atoms with Crippen LogP contribution in [0.25, 0.3) is 0 Å². The van der Waals surface area contributed by atoms with Crippen molar-refractivity contribution in [2.75, 3.05) is 33.7 Å². The van der Waals surface area contributed by atoms with Gasteiger partial charge in [-0.2, -0.15) is 0 Å². The number of hydrogen-bond acceptors (Lipinski definition) is 2. The van der Waals surface area contributed by atoms with E-state index in [0.717, 1.165) is 55.5 Å². The fraction of sp³-hybridized carbons (Fsp3) is 0.600. The third-order valence-corrected chi connectivity index (χ3v) is 3.84. The number of nitrogens with one attached hydrogen (secondary N) is 2. The van der Waals surface area contributed by atoms with Crippen molar-refractivity contribution in [3.8, 4) is 0 Å². The maximum Gasteiger partial charge on any atom is 0.253 e. The highest BCUT2D eigenvalue weighted by Crippen LogP contribution is 2.08. The normalized spacial score (nSPS) is 11.5. The van der Waals surface area contributed by atoms with Crippen molar-refractivity contribution >= 4 is 11.9 Å². The third-order valence-electron chi connectivity index (χ3n) is 3.84. The van der Waals surface area contributed by atoms with E-state index in [1.165, 1.54) is 6.42 Å². The van der Waals surface area contributed by atoms with Gasteiger partial charge >= 0.3 is 0 Å². The van der Waals surface area contributed by atoms with Crippen molar-refractivity contribution in [1.29, 1.82) is 0 Å². The zero-order valence-electron chi connectivity index (χ0n) is 16.4. The number of carbonyl (C=O) groups is 1. The highest BCUT2D eigenvalue weighted by Gasteiger charge is 2.08. The first kappa shape index (κ1) is 21.0. The molecule has 0 bridgehead atoms. The molecular weight excluding hydrogens is 312 g/mol. The van der Waals surface area contributed by atoms with Gasteiger partial charge in [-0.25, -0.2) is 0 Å². The van der Waals surface area contributed by atoms with Crippen molar-refractivity contribution in [3.05, 3.63) is 35.4 Å². The lowest BCUT2D eigenvalue weighted by molar-refractivity contribution is 0.0827. The fourth-order valence-corrected chi connectivity index (χ4v) is 2.48. The molecule has 0 aliphatic heterocycles. The molecule has 25 heavy (non-hydrogen) atoms. The summed E-state index contributed by atoms with van der Waals surface area (Å²) in [5, 5.41) is 6.65. The Bertz CT molecular complexity index is 552. The summed E-state index contributed by atoms with van der Waals surface area (Å²) in [5.41, 5.74) is 1.88. The molecule has 2 N–H and O–H groups in total. The second kappa shape index (κ2) is 11.5. The first-order valence-corrected chi connectivity index (χ1v) is 9.26. The summed E-state index contributed by atoms with van der Waals surface area (Å²) in [6.45, 7) is 9.03. The molecule has 1 aromatic rings. The van der Waals surface area contributed by atoms with Gasteiger partial charge < -0.3 is 15.5 Å². The van der Waals surface area contributed by atoms with E-state index >= 15 is 0 Å². The van der Waals surface area contributed by atoms with Crippen LogP contribution in [0.1, 0.15) is 49.5 Å². The minimum absolute atomic E-state index is 0.0369. The number of guanidine groups is 1. The van der Waals surface area contributed by atoms with E-state index in [-0.39, 0.29) is 5.91 Å². The predicted molar refractivity (Wildman–Crippen MR) is 106 cm³/mol. The van der Waals surface area contributed by atoms with Crippen LogP contribution in [0.4, 0.5) is 0 Å². The molecule has 0 spiro atoms. The summed E-state index contributed by atoms with van der Waals surface area (Å²) in [5.74, 6) is 1.63. The van der Waals surface area contributed by atoms with E-state index in [2.05, 4.69) is 42.5 Å². The molecule has 0 radical (unpaired) electrons. The van der Waals surface area contributed by atoms with Crippen molar-refractivity contribution in [2.24, 2.45) is 10.9 Å². The molecule has 0 saturated carbocycles. The van der Waals surface area contributed by atoms with Crippen LogP contribution in [-0.2, 0) is 6.42 Å².